The van der Waals surface area contributed by atoms with Crippen molar-refractivity contribution in [2.24, 2.45) is 0 Å². The predicted molar refractivity (Wildman–Crippen MR) is 53.9 cm³/mol. The van der Waals surface area contributed by atoms with Gasteiger partial charge >= 0.3 is 0 Å². The van der Waals surface area contributed by atoms with Gasteiger partial charge in [-0.15, -0.1) is 0 Å². The van der Waals surface area contributed by atoms with Crippen LogP contribution in [0.25, 0.3) is 6.08 Å². The first-order chi connectivity index (χ1) is 5.33. The van der Waals surface area contributed by atoms with Crippen molar-refractivity contribution >= 4 is 22.0 Å². The standard InChI is InChI=1S/C10H11Br/c1-9(8-11)7-10-5-3-2-4-6-10/h2-7H,8H2,1H3. The van der Waals surface area contributed by atoms with Gasteiger partial charge in [0, 0.05) is 5.33 Å². The number of alkyl halides is 1. The van der Waals surface area contributed by atoms with Gasteiger partial charge in [-0.3, -0.25) is 0 Å². The fourth-order valence-electron chi connectivity index (χ4n) is 0.872. The molecule has 0 nitrogen and oxygen atoms in total. The van der Waals surface area contributed by atoms with Gasteiger partial charge in [-0.2, -0.15) is 0 Å². The van der Waals surface area contributed by atoms with Crippen molar-refractivity contribution in [3.05, 3.63) is 41.5 Å². The maximum absolute atomic E-state index is 3.40. The highest BCUT2D eigenvalue weighted by Gasteiger charge is 1.86. The zero-order valence-electron chi connectivity index (χ0n) is 6.55. The molecule has 1 aromatic rings. The predicted octanol–water partition coefficient (Wildman–Crippen LogP) is 3.48. The van der Waals surface area contributed by atoms with Crippen molar-refractivity contribution in [1.82, 2.24) is 0 Å². The summed E-state index contributed by atoms with van der Waals surface area (Å²) in [6.45, 7) is 2.11. The average Bonchev–Trinajstić information content (AvgIpc) is 2.06. The summed E-state index contributed by atoms with van der Waals surface area (Å²) < 4.78 is 0. The Kier molecular flexibility index (Phi) is 3.37. The molecule has 1 heteroatoms. The Morgan fingerprint density at radius 2 is 2.00 bits per heavy atom. The first-order valence-corrected chi connectivity index (χ1v) is 4.73. The maximum atomic E-state index is 3.40. The molecule has 0 aliphatic rings. The number of hydrogen-bond acceptors (Lipinski definition) is 0. The van der Waals surface area contributed by atoms with Gasteiger partial charge in [0.15, 0.2) is 0 Å². The molecule has 0 aliphatic heterocycles. The van der Waals surface area contributed by atoms with Crippen LogP contribution in [-0.2, 0) is 0 Å². The first kappa shape index (κ1) is 8.54. The van der Waals surface area contributed by atoms with E-state index in [1.807, 2.05) is 18.2 Å². The lowest BCUT2D eigenvalue weighted by Crippen LogP contribution is -1.76. The van der Waals surface area contributed by atoms with E-state index in [0.29, 0.717) is 0 Å². The highest BCUT2D eigenvalue weighted by atomic mass is 79.9. The molecule has 0 bridgehead atoms. The van der Waals surface area contributed by atoms with Crippen molar-refractivity contribution in [3.8, 4) is 0 Å². The average molecular weight is 211 g/mol. The van der Waals surface area contributed by atoms with Crippen molar-refractivity contribution in [2.45, 2.75) is 6.92 Å². The fraction of sp³-hybridized carbons (Fsp3) is 0.200. The number of allylic oxidation sites excluding steroid dienone is 1. The van der Waals surface area contributed by atoms with Gasteiger partial charge in [0.1, 0.15) is 0 Å². The van der Waals surface area contributed by atoms with E-state index >= 15 is 0 Å². The number of hydrogen-bond donors (Lipinski definition) is 0. The summed E-state index contributed by atoms with van der Waals surface area (Å²) in [5.74, 6) is 0. The highest BCUT2D eigenvalue weighted by Crippen LogP contribution is 2.07. The van der Waals surface area contributed by atoms with Gasteiger partial charge < -0.3 is 0 Å². The molecular formula is C10H11Br. The van der Waals surface area contributed by atoms with E-state index in [4.69, 9.17) is 0 Å². The molecule has 0 unspecified atom stereocenters. The highest BCUT2D eigenvalue weighted by molar-refractivity contribution is 9.09. The Morgan fingerprint density at radius 3 is 2.55 bits per heavy atom. The lowest BCUT2D eigenvalue weighted by atomic mass is 10.2. The lowest BCUT2D eigenvalue weighted by Gasteiger charge is -1.94. The van der Waals surface area contributed by atoms with Crippen molar-refractivity contribution in [1.29, 1.82) is 0 Å². The summed E-state index contributed by atoms with van der Waals surface area (Å²) in [7, 11) is 0. The molecule has 0 aliphatic carbocycles. The Labute approximate surface area is 76.1 Å². The van der Waals surface area contributed by atoms with Crippen LogP contribution in [0.3, 0.4) is 0 Å². The second-order valence-electron chi connectivity index (χ2n) is 2.54. The van der Waals surface area contributed by atoms with Crippen LogP contribution in [0.1, 0.15) is 12.5 Å². The third kappa shape index (κ3) is 2.89. The molecule has 58 valence electrons. The molecule has 1 aromatic carbocycles. The van der Waals surface area contributed by atoms with Crippen molar-refractivity contribution in [2.75, 3.05) is 5.33 Å². The molecule has 0 heterocycles. The van der Waals surface area contributed by atoms with E-state index in [1.54, 1.807) is 0 Å². The summed E-state index contributed by atoms with van der Waals surface area (Å²) in [6.07, 6.45) is 2.18. The molecule has 0 spiro atoms. The van der Waals surface area contributed by atoms with Gasteiger partial charge in [-0.1, -0.05) is 57.9 Å². The Balaban J connectivity index is 2.79. The topological polar surface area (TPSA) is 0 Å². The van der Waals surface area contributed by atoms with Crippen LogP contribution in [0.5, 0.6) is 0 Å². The van der Waals surface area contributed by atoms with Gasteiger partial charge in [0.25, 0.3) is 0 Å². The molecule has 1 rings (SSSR count). The molecule has 0 amide bonds. The lowest BCUT2D eigenvalue weighted by molar-refractivity contribution is 1.45. The Bertz CT molecular complexity index is 236. The normalized spacial score (nSPS) is 11.6. The van der Waals surface area contributed by atoms with Gasteiger partial charge in [-0.05, 0) is 12.5 Å². The second kappa shape index (κ2) is 4.35. The number of rotatable bonds is 2. The van der Waals surface area contributed by atoms with Crippen LogP contribution in [0, 0.1) is 0 Å². The monoisotopic (exact) mass is 210 g/mol. The minimum atomic E-state index is 0.946. The third-order valence-corrected chi connectivity index (χ3v) is 2.31. The fourth-order valence-corrected chi connectivity index (χ4v) is 1.03. The van der Waals surface area contributed by atoms with Gasteiger partial charge in [-0.25, -0.2) is 0 Å². The smallest absolute Gasteiger partial charge is 0.0242 e. The number of benzene rings is 1. The summed E-state index contributed by atoms with van der Waals surface area (Å²) >= 11 is 3.40. The summed E-state index contributed by atoms with van der Waals surface area (Å²) in [5.41, 5.74) is 2.61. The molecule has 0 fully saturated rings. The van der Waals surface area contributed by atoms with Crippen LogP contribution in [0.2, 0.25) is 0 Å². The summed E-state index contributed by atoms with van der Waals surface area (Å²) in [4.78, 5) is 0. The largest absolute Gasteiger partial charge is 0.0880 e. The van der Waals surface area contributed by atoms with E-state index in [2.05, 4.69) is 41.1 Å². The van der Waals surface area contributed by atoms with Crippen molar-refractivity contribution in [3.63, 3.8) is 0 Å². The third-order valence-electron chi connectivity index (χ3n) is 1.42. The van der Waals surface area contributed by atoms with Crippen LogP contribution in [0.4, 0.5) is 0 Å². The first-order valence-electron chi connectivity index (χ1n) is 3.61. The minimum absolute atomic E-state index is 0.946. The Hall–Kier alpha value is -0.560. The zero-order valence-corrected chi connectivity index (χ0v) is 8.14. The van der Waals surface area contributed by atoms with E-state index in [9.17, 15) is 0 Å². The molecule has 0 aromatic heterocycles. The summed E-state index contributed by atoms with van der Waals surface area (Å²) in [5, 5.41) is 0.946. The molecule has 0 atom stereocenters. The quantitative estimate of drug-likeness (QED) is 0.657. The van der Waals surface area contributed by atoms with Gasteiger partial charge in [0.05, 0.1) is 0 Å². The van der Waals surface area contributed by atoms with Gasteiger partial charge in [0.2, 0.25) is 0 Å². The van der Waals surface area contributed by atoms with Crippen molar-refractivity contribution < 1.29 is 0 Å². The van der Waals surface area contributed by atoms with Crippen LogP contribution < -0.4 is 0 Å². The molecular weight excluding hydrogens is 200 g/mol. The molecule has 0 radical (unpaired) electrons. The minimum Gasteiger partial charge on any atom is -0.0880 e. The SMILES string of the molecule is CC(=Cc1ccccc1)CBr. The van der Waals surface area contributed by atoms with E-state index in [-0.39, 0.29) is 0 Å². The molecule has 0 saturated carbocycles. The van der Waals surface area contributed by atoms with E-state index in [1.165, 1.54) is 11.1 Å². The zero-order chi connectivity index (χ0) is 8.10. The van der Waals surface area contributed by atoms with Crippen LogP contribution in [-0.4, -0.2) is 5.33 Å². The second-order valence-corrected chi connectivity index (χ2v) is 3.10. The number of halogens is 1. The van der Waals surface area contributed by atoms with E-state index < -0.39 is 0 Å². The Morgan fingerprint density at radius 1 is 1.36 bits per heavy atom. The molecule has 0 N–H and O–H groups in total. The van der Waals surface area contributed by atoms with Crippen LogP contribution >= 0.6 is 15.9 Å². The molecule has 11 heavy (non-hydrogen) atoms. The molecule has 0 saturated heterocycles. The van der Waals surface area contributed by atoms with E-state index in [0.717, 1.165) is 5.33 Å². The summed E-state index contributed by atoms with van der Waals surface area (Å²) in [6, 6.07) is 10.3. The maximum Gasteiger partial charge on any atom is 0.0242 e. The van der Waals surface area contributed by atoms with Crippen LogP contribution in [0.15, 0.2) is 35.9 Å².